The van der Waals surface area contributed by atoms with Gasteiger partial charge in [-0.3, -0.25) is 14.4 Å². The Morgan fingerprint density at radius 1 is 1.28 bits per heavy atom. The van der Waals surface area contributed by atoms with Gasteiger partial charge >= 0.3 is 5.97 Å². The zero-order valence-electron chi connectivity index (χ0n) is 14.4. The minimum absolute atomic E-state index is 0.0113. The number of carboxylic acid groups (broad SMARTS) is 1. The molecule has 0 radical (unpaired) electrons. The maximum atomic E-state index is 13.1. The molecule has 0 saturated heterocycles. The molecule has 8 heteroatoms. The van der Waals surface area contributed by atoms with E-state index in [0.29, 0.717) is 11.5 Å². The number of hydrogen-bond donors (Lipinski definition) is 1. The molecule has 1 aliphatic rings. The summed E-state index contributed by atoms with van der Waals surface area (Å²) in [5.41, 5.74) is 0.450. The van der Waals surface area contributed by atoms with Crippen molar-refractivity contribution in [1.29, 1.82) is 0 Å². The number of rotatable bonds is 7. The molecule has 1 aliphatic heterocycles. The number of Topliss-reactive ketones (excluding diaryl/α,β-unsaturated/α-hetero) is 1. The van der Waals surface area contributed by atoms with Gasteiger partial charge in [-0.1, -0.05) is 0 Å². The summed E-state index contributed by atoms with van der Waals surface area (Å²) < 4.78 is 10.4. The number of methoxy groups -OCH3 is 2. The van der Waals surface area contributed by atoms with Gasteiger partial charge < -0.3 is 19.5 Å². The van der Waals surface area contributed by atoms with Crippen LogP contribution in [0.3, 0.4) is 0 Å². The molecule has 134 valence electrons. The topological polar surface area (TPSA) is 93.1 Å². The van der Waals surface area contributed by atoms with Gasteiger partial charge in [-0.15, -0.1) is 11.8 Å². The summed E-state index contributed by atoms with van der Waals surface area (Å²) in [4.78, 5) is 38.0. The normalized spacial score (nSPS) is 17.0. The Morgan fingerprint density at radius 2 is 1.96 bits per heavy atom. The molecule has 1 unspecified atom stereocenters. The zero-order chi connectivity index (χ0) is 18.7. The molecule has 1 amide bonds. The lowest BCUT2D eigenvalue weighted by atomic mass is 9.97. The fourth-order valence-corrected chi connectivity index (χ4v) is 3.65. The fraction of sp³-hybridized carbons (Fsp3) is 0.353. The van der Waals surface area contributed by atoms with Crippen LogP contribution < -0.4 is 9.47 Å². The van der Waals surface area contributed by atoms with Gasteiger partial charge in [0.05, 0.1) is 26.2 Å². The van der Waals surface area contributed by atoms with Gasteiger partial charge in [-0.25, -0.2) is 0 Å². The summed E-state index contributed by atoms with van der Waals surface area (Å²) in [7, 11) is 4.48. The second-order valence-corrected chi connectivity index (χ2v) is 6.28. The summed E-state index contributed by atoms with van der Waals surface area (Å²) in [6, 6.07) is 4.73. The first kappa shape index (κ1) is 18.9. The van der Waals surface area contributed by atoms with Crippen LogP contribution in [0.4, 0.5) is 0 Å². The molecule has 0 fully saturated rings. The Kier molecular flexibility index (Phi) is 5.73. The van der Waals surface area contributed by atoms with E-state index in [1.54, 1.807) is 31.5 Å². The van der Waals surface area contributed by atoms with Crippen molar-refractivity contribution in [2.75, 3.05) is 27.5 Å². The van der Waals surface area contributed by atoms with Gasteiger partial charge in [-0.05, 0) is 18.4 Å². The first-order chi connectivity index (χ1) is 11.8. The number of aliphatic carboxylic acids is 1. The molecule has 1 aromatic carbocycles. The number of likely N-dealkylation sites (N-methyl/N-ethyl adjacent to an activating group) is 1. The van der Waals surface area contributed by atoms with Gasteiger partial charge in [0, 0.05) is 24.3 Å². The second kappa shape index (κ2) is 7.60. The van der Waals surface area contributed by atoms with Crippen LogP contribution in [0.1, 0.15) is 16.8 Å². The highest BCUT2D eigenvalue weighted by molar-refractivity contribution is 7.99. The van der Waals surface area contributed by atoms with Gasteiger partial charge in [0.25, 0.3) is 5.91 Å². The monoisotopic (exact) mass is 365 g/mol. The number of benzene rings is 1. The zero-order valence-corrected chi connectivity index (χ0v) is 15.2. The SMILES string of the molecule is COc1ccc(C(=O)C2=C(CC(=O)O)C(=O)N(C)C2SC)c(OC)c1. The Balaban J connectivity index is 2.58. The van der Waals surface area contributed by atoms with E-state index in [0.717, 1.165) is 0 Å². The standard InChI is InChI=1S/C17H19NO6S/c1-18-16(22)11(8-13(19)20)14(17(18)25-4)15(21)10-6-5-9(23-2)7-12(10)24-3/h5-7,17H,8H2,1-4H3,(H,19,20). The van der Waals surface area contributed by atoms with E-state index in [1.807, 2.05) is 0 Å². The Hall–Kier alpha value is -2.48. The van der Waals surface area contributed by atoms with Crippen LogP contribution in [0.2, 0.25) is 0 Å². The van der Waals surface area contributed by atoms with Crippen molar-refractivity contribution in [3.8, 4) is 11.5 Å². The quantitative estimate of drug-likeness (QED) is 0.737. The number of hydrogen-bond acceptors (Lipinski definition) is 6. The summed E-state index contributed by atoms with van der Waals surface area (Å²) >= 11 is 1.30. The van der Waals surface area contributed by atoms with Crippen LogP contribution in [-0.4, -0.2) is 60.6 Å². The molecule has 0 aromatic heterocycles. The predicted molar refractivity (Wildman–Crippen MR) is 93.2 cm³/mol. The highest BCUT2D eigenvalue weighted by Gasteiger charge is 2.41. The number of ketones is 1. The van der Waals surface area contributed by atoms with Crippen molar-refractivity contribution in [2.45, 2.75) is 11.8 Å². The van der Waals surface area contributed by atoms with Crippen molar-refractivity contribution in [1.82, 2.24) is 4.90 Å². The molecule has 25 heavy (non-hydrogen) atoms. The summed E-state index contributed by atoms with van der Waals surface area (Å²) in [6.45, 7) is 0. The molecule has 2 rings (SSSR count). The van der Waals surface area contributed by atoms with Crippen molar-refractivity contribution in [3.05, 3.63) is 34.9 Å². The van der Waals surface area contributed by atoms with E-state index >= 15 is 0 Å². The molecule has 1 N–H and O–H groups in total. The summed E-state index contributed by atoms with van der Waals surface area (Å²) in [5.74, 6) is -1.21. The first-order valence-electron chi connectivity index (χ1n) is 7.37. The molecule has 7 nitrogen and oxygen atoms in total. The van der Waals surface area contributed by atoms with E-state index in [1.165, 1.54) is 30.9 Å². The van der Waals surface area contributed by atoms with E-state index in [2.05, 4.69) is 0 Å². The minimum atomic E-state index is -1.16. The number of amides is 1. The van der Waals surface area contributed by atoms with Crippen LogP contribution in [-0.2, 0) is 9.59 Å². The molecule has 1 aromatic rings. The van der Waals surface area contributed by atoms with Crippen LogP contribution in [0.25, 0.3) is 0 Å². The third-order valence-corrected chi connectivity index (χ3v) is 4.95. The molecule has 0 bridgehead atoms. The number of thioether (sulfide) groups is 1. The number of ether oxygens (including phenoxy) is 2. The highest BCUT2D eigenvalue weighted by atomic mass is 32.2. The average molecular weight is 365 g/mol. The van der Waals surface area contributed by atoms with Gasteiger partial charge in [0.1, 0.15) is 16.9 Å². The number of carboxylic acids is 1. The van der Waals surface area contributed by atoms with Crippen LogP contribution in [0, 0.1) is 0 Å². The Labute approximate surface area is 149 Å². The predicted octanol–water partition coefficient (Wildman–Crippen LogP) is 1.82. The van der Waals surface area contributed by atoms with E-state index in [9.17, 15) is 14.4 Å². The van der Waals surface area contributed by atoms with E-state index in [4.69, 9.17) is 14.6 Å². The average Bonchev–Trinajstić information content (AvgIpc) is 2.84. The molecular formula is C17H19NO6S. The number of carbonyl (C=O) groups is 3. The van der Waals surface area contributed by atoms with Crippen molar-refractivity contribution in [3.63, 3.8) is 0 Å². The second-order valence-electron chi connectivity index (χ2n) is 5.36. The van der Waals surface area contributed by atoms with E-state index < -0.39 is 29.5 Å². The third kappa shape index (κ3) is 3.48. The first-order valence-corrected chi connectivity index (χ1v) is 8.66. The molecule has 0 saturated carbocycles. The van der Waals surface area contributed by atoms with Crippen LogP contribution in [0.5, 0.6) is 11.5 Å². The lowest BCUT2D eigenvalue weighted by molar-refractivity contribution is -0.137. The smallest absolute Gasteiger partial charge is 0.308 e. The highest BCUT2D eigenvalue weighted by Crippen LogP contribution is 2.37. The fourth-order valence-electron chi connectivity index (χ4n) is 2.76. The third-order valence-electron chi connectivity index (χ3n) is 3.95. The maximum Gasteiger partial charge on any atom is 0.308 e. The lowest BCUT2D eigenvalue weighted by Gasteiger charge is -2.20. The Morgan fingerprint density at radius 3 is 2.48 bits per heavy atom. The van der Waals surface area contributed by atoms with Crippen molar-refractivity contribution >= 4 is 29.4 Å². The minimum Gasteiger partial charge on any atom is -0.497 e. The largest absolute Gasteiger partial charge is 0.497 e. The van der Waals surface area contributed by atoms with Gasteiger partial charge in [0.15, 0.2) is 5.78 Å². The Bertz CT molecular complexity index is 758. The van der Waals surface area contributed by atoms with Gasteiger partial charge in [-0.2, -0.15) is 0 Å². The van der Waals surface area contributed by atoms with Crippen LogP contribution in [0.15, 0.2) is 29.3 Å². The molecule has 1 heterocycles. The summed E-state index contributed by atoms with van der Waals surface area (Å²) in [6.07, 6.45) is 1.26. The molecule has 1 atom stereocenters. The molecular weight excluding hydrogens is 346 g/mol. The number of nitrogens with zero attached hydrogens (tertiary/aromatic N) is 1. The van der Waals surface area contributed by atoms with Crippen LogP contribution >= 0.6 is 11.8 Å². The van der Waals surface area contributed by atoms with Crippen molar-refractivity contribution < 1.29 is 29.0 Å². The van der Waals surface area contributed by atoms with Crippen molar-refractivity contribution in [2.24, 2.45) is 0 Å². The van der Waals surface area contributed by atoms with E-state index in [-0.39, 0.29) is 16.7 Å². The lowest BCUT2D eigenvalue weighted by Crippen LogP contribution is -2.30. The van der Waals surface area contributed by atoms with Gasteiger partial charge in [0.2, 0.25) is 0 Å². The summed E-state index contributed by atoms with van der Waals surface area (Å²) in [5, 5.41) is 8.57. The maximum absolute atomic E-state index is 13.1. The number of carbonyl (C=O) groups excluding carboxylic acids is 2. The molecule has 0 aliphatic carbocycles. The molecule has 0 spiro atoms.